The zero-order chi connectivity index (χ0) is 27.8. The Bertz CT molecular complexity index is 1320. The lowest BCUT2D eigenvalue weighted by atomic mass is 10.0. The van der Waals surface area contributed by atoms with Crippen LogP contribution in [0.25, 0.3) is 0 Å². The second-order valence-electron chi connectivity index (χ2n) is 9.72. The molecule has 1 atom stereocenters. The molecule has 9 heteroatoms. The molecule has 3 aromatic rings. The molecule has 204 valence electrons. The highest BCUT2D eigenvalue weighted by Gasteiger charge is 2.19. The average Bonchev–Trinajstić information content (AvgIpc) is 2.94. The summed E-state index contributed by atoms with van der Waals surface area (Å²) in [5, 5.41) is 11.6. The van der Waals surface area contributed by atoms with Gasteiger partial charge in [-0.25, -0.2) is 4.99 Å². The number of amides is 1. The fourth-order valence-corrected chi connectivity index (χ4v) is 4.50. The molecule has 0 saturated carbocycles. The van der Waals surface area contributed by atoms with E-state index in [-0.39, 0.29) is 18.9 Å². The number of hydrogen-bond donors (Lipinski definition) is 4. The predicted molar refractivity (Wildman–Crippen MR) is 152 cm³/mol. The highest BCUT2D eigenvalue weighted by molar-refractivity contribution is 6.05. The van der Waals surface area contributed by atoms with E-state index in [0.717, 1.165) is 54.1 Å². The van der Waals surface area contributed by atoms with Crippen molar-refractivity contribution in [2.24, 2.45) is 16.5 Å². The number of rotatable bonds is 9. The van der Waals surface area contributed by atoms with E-state index in [1.165, 1.54) is 6.42 Å². The number of guanidine groups is 1. The number of carboxylic acid groups (broad SMARTS) is 1. The van der Waals surface area contributed by atoms with Gasteiger partial charge in [0.05, 0.1) is 6.54 Å². The summed E-state index contributed by atoms with van der Waals surface area (Å²) >= 11 is 0. The molecule has 3 aromatic carbocycles. The third-order valence-corrected chi connectivity index (χ3v) is 6.69. The minimum absolute atomic E-state index is 0.00768. The van der Waals surface area contributed by atoms with Crippen molar-refractivity contribution in [1.82, 2.24) is 5.32 Å². The Morgan fingerprint density at radius 1 is 1.03 bits per heavy atom. The van der Waals surface area contributed by atoms with Crippen LogP contribution in [-0.2, 0) is 17.8 Å². The van der Waals surface area contributed by atoms with Gasteiger partial charge in [0.1, 0.15) is 17.5 Å². The fourth-order valence-electron chi connectivity index (χ4n) is 4.50. The van der Waals surface area contributed by atoms with Crippen molar-refractivity contribution >= 4 is 23.5 Å². The van der Waals surface area contributed by atoms with Gasteiger partial charge >= 0.3 is 5.97 Å². The molecule has 1 saturated heterocycles. The van der Waals surface area contributed by atoms with E-state index in [1.54, 1.807) is 24.3 Å². The van der Waals surface area contributed by atoms with Gasteiger partial charge in [-0.1, -0.05) is 35.9 Å². The van der Waals surface area contributed by atoms with Gasteiger partial charge in [0.25, 0.3) is 5.91 Å². The van der Waals surface area contributed by atoms with Gasteiger partial charge in [-0.05, 0) is 74.6 Å². The van der Waals surface area contributed by atoms with Gasteiger partial charge < -0.3 is 26.2 Å². The molecule has 0 radical (unpaired) electrons. The number of carboxylic acids is 1. The molecule has 39 heavy (non-hydrogen) atoms. The quantitative estimate of drug-likeness (QED) is 0.242. The number of piperidine rings is 1. The third-order valence-electron chi connectivity index (χ3n) is 6.69. The molecular weight excluding hydrogens is 494 g/mol. The highest BCUT2D eigenvalue weighted by Crippen LogP contribution is 2.34. The number of aliphatic carboxylic acids is 1. The summed E-state index contributed by atoms with van der Waals surface area (Å²) in [6, 6.07) is 19.4. The van der Waals surface area contributed by atoms with E-state index in [2.05, 4.69) is 21.3 Å². The van der Waals surface area contributed by atoms with Crippen LogP contribution < -0.4 is 26.4 Å². The second kappa shape index (κ2) is 12.9. The number of aliphatic imine (C=N–C) groups is 1. The van der Waals surface area contributed by atoms with Crippen LogP contribution in [0.1, 0.15) is 46.3 Å². The third kappa shape index (κ3) is 7.58. The standard InChI is InChI=1S/C30H35N5O4/c1-20-8-14-23(15-9-20)39-27-7-5-6-26(35-16-3-2-4-17-35)24(27)19-33-30(32)34-28(36)22-12-10-21(11-13-22)18-25(31)29(37)38/h5-15,25H,2-4,16-19,31H2,1H3,(H,37,38)(H3,32,33,34,36)/t25-/m0/s1. The maximum absolute atomic E-state index is 12.7. The Kier molecular flexibility index (Phi) is 9.17. The SMILES string of the molecule is Cc1ccc(Oc2cccc(N3CCCCC3)c2CN=C(N)NC(=O)c2ccc(C[C@H](N)C(=O)O)cc2)cc1. The first-order valence-corrected chi connectivity index (χ1v) is 13.1. The second-order valence-corrected chi connectivity index (χ2v) is 9.72. The predicted octanol–water partition coefficient (Wildman–Crippen LogP) is 3.98. The first-order valence-electron chi connectivity index (χ1n) is 13.1. The van der Waals surface area contributed by atoms with Crippen molar-refractivity contribution in [3.05, 3.63) is 89.0 Å². The normalized spacial score (nSPS) is 14.5. The number of nitrogens with zero attached hydrogens (tertiary/aromatic N) is 2. The van der Waals surface area contributed by atoms with Gasteiger partial charge in [-0.2, -0.15) is 0 Å². The van der Waals surface area contributed by atoms with Crippen LogP contribution in [0.4, 0.5) is 5.69 Å². The van der Waals surface area contributed by atoms with Crippen molar-refractivity contribution in [2.75, 3.05) is 18.0 Å². The molecule has 1 amide bonds. The molecule has 1 fully saturated rings. The largest absolute Gasteiger partial charge is 0.480 e. The first-order chi connectivity index (χ1) is 18.8. The Morgan fingerprint density at radius 3 is 2.38 bits per heavy atom. The van der Waals surface area contributed by atoms with Crippen molar-refractivity contribution in [3.63, 3.8) is 0 Å². The summed E-state index contributed by atoms with van der Waals surface area (Å²) in [6.07, 6.45) is 3.65. The topological polar surface area (TPSA) is 143 Å². The van der Waals surface area contributed by atoms with E-state index in [1.807, 2.05) is 43.3 Å². The molecular formula is C30H35N5O4. The Hall–Kier alpha value is -4.37. The number of carbonyl (C=O) groups excluding carboxylic acids is 1. The highest BCUT2D eigenvalue weighted by atomic mass is 16.5. The molecule has 0 unspecified atom stereocenters. The van der Waals surface area contributed by atoms with Gasteiger partial charge in [0.15, 0.2) is 5.96 Å². The van der Waals surface area contributed by atoms with Crippen molar-refractivity contribution in [1.29, 1.82) is 0 Å². The number of ether oxygens (including phenoxy) is 1. The zero-order valence-corrected chi connectivity index (χ0v) is 22.1. The minimum atomic E-state index is -1.07. The molecule has 0 aliphatic carbocycles. The van der Waals surface area contributed by atoms with Crippen LogP contribution in [0.2, 0.25) is 0 Å². The van der Waals surface area contributed by atoms with Gasteiger partial charge in [0.2, 0.25) is 0 Å². The van der Waals surface area contributed by atoms with Crippen molar-refractivity contribution in [2.45, 2.75) is 45.2 Å². The summed E-state index contributed by atoms with van der Waals surface area (Å²) in [4.78, 5) is 30.5. The molecule has 1 aliphatic heterocycles. The number of anilines is 1. The fraction of sp³-hybridized carbons (Fsp3) is 0.300. The van der Waals surface area contributed by atoms with Gasteiger partial charge in [0, 0.05) is 29.9 Å². The number of hydrogen-bond acceptors (Lipinski definition) is 6. The van der Waals surface area contributed by atoms with Crippen molar-refractivity contribution < 1.29 is 19.4 Å². The van der Waals surface area contributed by atoms with Crippen LogP contribution in [0.3, 0.4) is 0 Å². The van der Waals surface area contributed by atoms with E-state index in [4.69, 9.17) is 21.3 Å². The summed E-state index contributed by atoms with van der Waals surface area (Å²) in [5.41, 5.74) is 15.9. The smallest absolute Gasteiger partial charge is 0.320 e. The molecule has 0 spiro atoms. The Labute approximate surface area is 228 Å². The number of carbonyl (C=O) groups is 2. The molecule has 9 nitrogen and oxygen atoms in total. The maximum atomic E-state index is 12.7. The van der Waals surface area contributed by atoms with Crippen LogP contribution in [-0.4, -0.2) is 42.1 Å². The lowest BCUT2D eigenvalue weighted by Gasteiger charge is -2.31. The van der Waals surface area contributed by atoms with Crippen LogP contribution >= 0.6 is 0 Å². The molecule has 6 N–H and O–H groups in total. The van der Waals surface area contributed by atoms with E-state index >= 15 is 0 Å². The first kappa shape index (κ1) is 27.7. The van der Waals surface area contributed by atoms with Gasteiger partial charge in [-0.15, -0.1) is 0 Å². The number of nitrogens with two attached hydrogens (primary N) is 2. The van der Waals surface area contributed by atoms with Crippen LogP contribution in [0, 0.1) is 6.92 Å². The summed E-state index contributed by atoms with van der Waals surface area (Å²) in [5.74, 6) is -0.0665. The van der Waals surface area contributed by atoms with Crippen LogP contribution in [0.15, 0.2) is 71.7 Å². The van der Waals surface area contributed by atoms with Crippen LogP contribution in [0.5, 0.6) is 11.5 Å². The average molecular weight is 530 g/mol. The van der Waals surface area contributed by atoms with Crippen molar-refractivity contribution in [3.8, 4) is 11.5 Å². The molecule has 0 aromatic heterocycles. The number of aryl methyl sites for hydroxylation is 1. The molecule has 0 bridgehead atoms. The maximum Gasteiger partial charge on any atom is 0.320 e. The van der Waals surface area contributed by atoms with E-state index in [9.17, 15) is 9.59 Å². The number of nitrogens with one attached hydrogen (secondary N) is 1. The monoisotopic (exact) mass is 529 g/mol. The van der Waals surface area contributed by atoms with Gasteiger partial charge in [-0.3, -0.25) is 14.9 Å². The number of benzene rings is 3. The molecule has 4 rings (SSSR count). The molecule has 1 aliphatic rings. The lowest BCUT2D eigenvalue weighted by Crippen LogP contribution is -2.37. The molecule has 1 heterocycles. The van der Waals surface area contributed by atoms with E-state index in [0.29, 0.717) is 11.3 Å². The zero-order valence-electron chi connectivity index (χ0n) is 22.1. The summed E-state index contributed by atoms with van der Waals surface area (Å²) < 4.78 is 6.26. The Morgan fingerprint density at radius 2 is 1.72 bits per heavy atom. The summed E-state index contributed by atoms with van der Waals surface area (Å²) in [7, 11) is 0. The minimum Gasteiger partial charge on any atom is -0.480 e. The summed E-state index contributed by atoms with van der Waals surface area (Å²) in [6.45, 7) is 4.18. The Balaban J connectivity index is 1.50. The van der Waals surface area contributed by atoms with E-state index < -0.39 is 17.9 Å². The lowest BCUT2D eigenvalue weighted by molar-refractivity contribution is -0.138.